The Kier molecular flexibility index (Phi) is 11.4. The molecule has 0 spiro atoms. The Labute approximate surface area is 149 Å². The summed E-state index contributed by atoms with van der Waals surface area (Å²) in [4.78, 5) is 2.36. The molecule has 0 radical (unpaired) electrons. The highest BCUT2D eigenvalue weighted by molar-refractivity contribution is 5.42. The predicted octanol–water partition coefficient (Wildman–Crippen LogP) is 5.67. The van der Waals surface area contributed by atoms with E-state index in [0.29, 0.717) is 0 Å². The summed E-state index contributed by atoms with van der Waals surface area (Å²) < 4.78 is 11.4. The van der Waals surface area contributed by atoms with Crippen molar-refractivity contribution < 1.29 is 9.47 Å². The first kappa shape index (κ1) is 20.8. The van der Waals surface area contributed by atoms with Crippen LogP contribution in [-0.4, -0.2) is 32.2 Å². The number of benzene rings is 1. The maximum absolute atomic E-state index is 5.92. The molecule has 0 saturated carbocycles. The normalized spacial score (nSPS) is 11.0. The monoisotopic (exact) mass is 335 g/mol. The molecule has 3 heteroatoms. The molecule has 0 unspecified atom stereocenters. The van der Waals surface area contributed by atoms with E-state index in [2.05, 4.69) is 44.0 Å². The van der Waals surface area contributed by atoms with Crippen molar-refractivity contribution in [3.63, 3.8) is 0 Å². The Bertz CT molecular complexity index is 434. The van der Waals surface area contributed by atoms with Gasteiger partial charge in [0.05, 0.1) is 13.7 Å². The molecule has 0 atom stereocenters. The highest BCUT2D eigenvalue weighted by atomic mass is 16.5. The summed E-state index contributed by atoms with van der Waals surface area (Å²) in [7, 11) is 3.89. The zero-order chi connectivity index (χ0) is 17.6. The predicted molar refractivity (Wildman–Crippen MR) is 103 cm³/mol. The fraction of sp³-hybridized carbons (Fsp3) is 0.714. The lowest BCUT2D eigenvalue weighted by molar-refractivity contribution is 0.283. The molecule has 1 rings (SSSR count). The van der Waals surface area contributed by atoms with Crippen LogP contribution in [-0.2, 0) is 6.54 Å². The van der Waals surface area contributed by atoms with E-state index in [4.69, 9.17) is 9.47 Å². The third-order valence-electron chi connectivity index (χ3n) is 4.33. The summed E-state index contributed by atoms with van der Waals surface area (Å²) >= 11 is 0. The van der Waals surface area contributed by atoms with Crippen molar-refractivity contribution in [3.05, 3.63) is 23.8 Å². The summed E-state index contributed by atoms with van der Waals surface area (Å²) in [5.74, 6) is 1.72. The van der Waals surface area contributed by atoms with Gasteiger partial charge in [0, 0.05) is 6.54 Å². The summed E-state index contributed by atoms with van der Waals surface area (Å²) in [6, 6.07) is 6.32. The lowest BCUT2D eigenvalue weighted by Gasteiger charge is -2.17. The van der Waals surface area contributed by atoms with Crippen molar-refractivity contribution in [3.8, 4) is 11.5 Å². The highest BCUT2D eigenvalue weighted by Gasteiger charge is 2.07. The molecule has 0 heterocycles. The average molecular weight is 336 g/mol. The second-order valence-electron chi connectivity index (χ2n) is 6.69. The van der Waals surface area contributed by atoms with Gasteiger partial charge in [0.25, 0.3) is 0 Å². The molecule has 0 aliphatic carbocycles. The third-order valence-corrected chi connectivity index (χ3v) is 4.33. The molecule has 0 fully saturated rings. The molecule has 0 aromatic heterocycles. The van der Waals surface area contributed by atoms with Gasteiger partial charge in [-0.3, -0.25) is 0 Å². The fourth-order valence-electron chi connectivity index (χ4n) is 2.81. The quantitative estimate of drug-likeness (QED) is 0.409. The van der Waals surface area contributed by atoms with E-state index in [1.165, 1.54) is 50.5 Å². The Hall–Kier alpha value is -1.22. The van der Waals surface area contributed by atoms with E-state index in [1.807, 2.05) is 0 Å². The Morgan fingerprint density at radius 2 is 1.58 bits per heavy atom. The molecule has 1 aromatic rings. The van der Waals surface area contributed by atoms with Gasteiger partial charge >= 0.3 is 0 Å². The maximum Gasteiger partial charge on any atom is 0.161 e. The lowest BCUT2D eigenvalue weighted by Crippen LogP contribution is -2.18. The van der Waals surface area contributed by atoms with Crippen LogP contribution in [0.15, 0.2) is 18.2 Å². The van der Waals surface area contributed by atoms with Crippen LogP contribution in [0.2, 0.25) is 0 Å². The smallest absolute Gasteiger partial charge is 0.161 e. The van der Waals surface area contributed by atoms with Crippen LogP contribution in [0.1, 0.15) is 70.8 Å². The molecule has 0 N–H and O–H groups in total. The number of methoxy groups -OCH3 is 1. The lowest BCUT2D eigenvalue weighted by atomic mass is 10.1. The van der Waals surface area contributed by atoms with Crippen LogP contribution in [0.4, 0.5) is 0 Å². The van der Waals surface area contributed by atoms with Crippen molar-refractivity contribution in [1.82, 2.24) is 4.90 Å². The van der Waals surface area contributed by atoms with Crippen LogP contribution in [0.25, 0.3) is 0 Å². The van der Waals surface area contributed by atoms with Crippen LogP contribution < -0.4 is 9.47 Å². The van der Waals surface area contributed by atoms with Crippen molar-refractivity contribution in [2.75, 3.05) is 27.3 Å². The third kappa shape index (κ3) is 8.58. The Morgan fingerprint density at radius 1 is 0.875 bits per heavy atom. The van der Waals surface area contributed by atoms with Gasteiger partial charge in [-0.05, 0) is 44.1 Å². The number of ether oxygens (including phenoxy) is 2. The number of hydrogen-bond acceptors (Lipinski definition) is 3. The van der Waals surface area contributed by atoms with E-state index < -0.39 is 0 Å². The summed E-state index contributed by atoms with van der Waals surface area (Å²) in [6.07, 6.45) is 10.2. The van der Waals surface area contributed by atoms with E-state index in [9.17, 15) is 0 Å². The van der Waals surface area contributed by atoms with Gasteiger partial charge in [-0.2, -0.15) is 0 Å². The van der Waals surface area contributed by atoms with Gasteiger partial charge in [-0.15, -0.1) is 0 Å². The Balaban J connectivity index is 2.40. The zero-order valence-corrected chi connectivity index (χ0v) is 16.3. The van der Waals surface area contributed by atoms with Gasteiger partial charge in [0.15, 0.2) is 11.5 Å². The van der Waals surface area contributed by atoms with Crippen molar-refractivity contribution in [1.29, 1.82) is 0 Å². The van der Waals surface area contributed by atoms with Gasteiger partial charge in [-0.1, -0.05) is 58.4 Å². The minimum absolute atomic E-state index is 0.776. The molecule has 138 valence electrons. The maximum atomic E-state index is 5.92. The van der Waals surface area contributed by atoms with Crippen molar-refractivity contribution in [2.24, 2.45) is 0 Å². The van der Waals surface area contributed by atoms with Gasteiger partial charge in [-0.25, -0.2) is 0 Å². The molecule has 3 nitrogen and oxygen atoms in total. The average Bonchev–Trinajstić information content (AvgIpc) is 2.60. The number of nitrogens with zero attached hydrogens (tertiary/aromatic N) is 1. The zero-order valence-electron chi connectivity index (χ0n) is 16.3. The molecule has 0 bridgehead atoms. The molecule has 1 aromatic carbocycles. The number of unbranched alkanes of at least 4 members (excludes halogenated alkanes) is 6. The van der Waals surface area contributed by atoms with Crippen LogP contribution in [0.3, 0.4) is 0 Å². The highest BCUT2D eigenvalue weighted by Crippen LogP contribution is 2.28. The van der Waals surface area contributed by atoms with E-state index in [1.54, 1.807) is 7.11 Å². The summed E-state index contributed by atoms with van der Waals surface area (Å²) in [6.45, 7) is 7.34. The van der Waals surface area contributed by atoms with Crippen LogP contribution in [0.5, 0.6) is 11.5 Å². The molecule has 24 heavy (non-hydrogen) atoms. The second kappa shape index (κ2) is 13.1. The molecular weight excluding hydrogens is 298 g/mol. The van der Waals surface area contributed by atoms with Crippen LogP contribution >= 0.6 is 0 Å². The van der Waals surface area contributed by atoms with Crippen molar-refractivity contribution in [2.45, 2.75) is 71.8 Å². The molecule has 0 aliphatic heterocycles. The van der Waals surface area contributed by atoms with Crippen molar-refractivity contribution >= 4 is 0 Å². The summed E-state index contributed by atoms with van der Waals surface area (Å²) in [5, 5.41) is 0. The van der Waals surface area contributed by atoms with Gasteiger partial charge < -0.3 is 14.4 Å². The first-order valence-corrected chi connectivity index (χ1v) is 9.69. The second-order valence-corrected chi connectivity index (χ2v) is 6.69. The van der Waals surface area contributed by atoms with E-state index in [0.717, 1.165) is 37.6 Å². The molecule has 0 saturated heterocycles. The molecular formula is C21H37NO2. The van der Waals surface area contributed by atoms with E-state index >= 15 is 0 Å². The minimum atomic E-state index is 0.776. The minimum Gasteiger partial charge on any atom is -0.493 e. The summed E-state index contributed by atoms with van der Waals surface area (Å²) in [5.41, 5.74) is 1.28. The molecule has 0 amide bonds. The standard InChI is InChI=1S/C21H37NO2/c1-5-7-9-10-11-12-16-24-20-14-13-19(17-21(20)23-4)18-22(3)15-8-6-2/h13-14,17H,5-12,15-16,18H2,1-4H3. The first-order chi connectivity index (χ1) is 11.7. The SMILES string of the molecule is CCCCCCCCOc1ccc(CN(C)CCCC)cc1OC. The Morgan fingerprint density at radius 3 is 2.29 bits per heavy atom. The fourth-order valence-corrected chi connectivity index (χ4v) is 2.81. The largest absolute Gasteiger partial charge is 0.493 e. The number of hydrogen-bond donors (Lipinski definition) is 0. The first-order valence-electron chi connectivity index (χ1n) is 9.69. The number of rotatable bonds is 14. The van der Waals surface area contributed by atoms with Crippen LogP contribution in [0, 0.1) is 0 Å². The van der Waals surface area contributed by atoms with E-state index in [-0.39, 0.29) is 0 Å². The topological polar surface area (TPSA) is 21.7 Å². The van der Waals surface area contributed by atoms with Gasteiger partial charge in [0.2, 0.25) is 0 Å². The molecule has 0 aliphatic rings. The van der Waals surface area contributed by atoms with Gasteiger partial charge in [0.1, 0.15) is 0 Å².